The molecule has 22 heavy (non-hydrogen) atoms. The number of amides is 1. The number of halogens is 1. The first-order valence-electron chi connectivity index (χ1n) is 7.01. The zero-order valence-electron chi connectivity index (χ0n) is 12.6. The van der Waals surface area contributed by atoms with Crippen molar-refractivity contribution in [2.24, 2.45) is 0 Å². The van der Waals surface area contributed by atoms with Crippen LogP contribution in [-0.2, 0) is 14.8 Å². The van der Waals surface area contributed by atoms with Crippen LogP contribution in [0.1, 0.15) is 17.3 Å². The maximum Gasteiger partial charge on any atom is 0.256 e. The Hall–Kier alpha value is -1.51. The Morgan fingerprint density at radius 1 is 1.36 bits per heavy atom. The van der Waals surface area contributed by atoms with Gasteiger partial charge in [-0.2, -0.15) is 4.31 Å². The number of carbonyl (C=O) groups is 1. The molecule has 0 radical (unpaired) electrons. The fraction of sp³-hybridized carbons (Fsp3) is 0.500. The molecule has 1 fully saturated rings. The molecule has 1 aromatic carbocycles. The third kappa shape index (κ3) is 3.29. The molecular weight excluding hydrogens is 311 g/mol. The first kappa shape index (κ1) is 16.9. The molecule has 1 aliphatic rings. The minimum Gasteiger partial charge on any atom is -0.379 e. The Morgan fingerprint density at radius 2 is 2.00 bits per heavy atom. The monoisotopic (exact) mass is 330 g/mol. The van der Waals surface area contributed by atoms with Crippen molar-refractivity contribution in [2.45, 2.75) is 11.8 Å². The Morgan fingerprint density at radius 3 is 2.59 bits per heavy atom. The van der Waals surface area contributed by atoms with Crippen molar-refractivity contribution in [1.29, 1.82) is 0 Å². The molecule has 6 nitrogen and oxygen atoms in total. The molecule has 0 bridgehead atoms. The molecule has 122 valence electrons. The van der Waals surface area contributed by atoms with Gasteiger partial charge in [-0.3, -0.25) is 4.79 Å². The summed E-state index contributed by atoms with van der Waals surface area (Å²) in [6.45, 7) is 3.30. The third-order valence-electron chi connectivity index (χ3n) is 3.60. The van der Waals surface area contributed by atoms with E-state index in [0.29, 0.717) is 19.8 Å². The number of hydrogen-bond donors (Lipinski definition) is 0. The van der Waals surface area contributed by atoms with Crippen LogP contribution in [0.25, 0.3) is 0 Å². The second-order valence-corrected chi connectivity index (χ2v) is 6.92. The third-order valence-corrected chi connectivity index (χ3v) is 5.49. The smallest absolute Gasteiger partial charge is 0.256 e. The molecule has 0 aliphatic carbocycles. The fourth-order valence-corrected chi connectivity index (χ4v) is 3.55. The molecule has 1 aliphatic heterocycles. The number of ether oxygens (including phenoxy) is 1. The van der Waals surface area contributed by atoms with Gasteiger partial charge in [-0.1, -0.05) is 0 Å². The van der Waals surface area contributed by atoms with Crippen LogP contribution in [0.2, 0.25) is 0 Å². The van der Waals surface area contributed by atoms with Gasteiger partial charge in [0.1, 0.15) is 5.82 Å². The average Bonchev–Trinajstić information content (AvgIpc) is 2.54. The lowest BCUT2D eigenvalue weighted by molar-refractivity contribution is 0.0730. The summed E-state index contributed by atoms with van der Waals surface area (Å²) in [7, 11) is -2.22. The van der Waals surface area contributed by atoms with E-state index >= 15 is 0 Å². The summed E-state index contributed by atoms with van der Waals surface area (Å²) in [5, 5.41) is 0. The van der Waals surface area contributed by atoms with Crippen molar-refractivity contribution in [2.75, 3.05) is 39.9 Å². The first-order chi connectivity index (χ1) is 10.4. The number of hydrogen-bond acceptors (Lipinski definition) is 4. The van der Waals surface area contributed by atoms with Gasteiger partial charge >= 0.3 is 0 Å². The fourth-order valence-electron chi connectivity index (χ4n) is 2.11. The normalized spacial score (nSPS) is 16.5. The lowest BCUT2D eigenvalue weighted by atomic mass is 10.2. The highest BCUT2D eigenvalue weighted by molar-refractivity contribution is 7.89. The molecule has 2 rings (SSSR count). The van der Waals surface area contributed by atoms with Crippen molar-refractivity contribution in [3.05, 3.63) is 29.6 Å². The molecule has 1 saturated heterocycles. The highest BCUT2D eigenvalue weighted by Crippen LogP contribution is 2.21. The van der Waals surface area contributed by atoms with Gasteiger partial charge < -0.3 is 9.64 Å². The lowest BCUT2D eigenvalue weighted by Gasteiger charge is -2.26. The zero-order chi connectivity index (χ0) is 16.3. The van der Waals surface area contributed by atoms with Crippen LogP contribution >= 0.6 is 0 Å². The van der Waals surface area contributed by atoms with E-state index in [0.717, 1.165) is 12.1 Å². The van der Waals surface area contributed by atoms with Gasteiger partial charge in [0, 0.05) is 26.7 Å². The van der Waals surface area contributed by atoms with E-state index in [1.165, 1.54) is 22.3 Å². The first-order valence-corrected chi connectivity index (χ1v) is 8.45. The molecule has 1 aromatic rings. The molecule has 0 spiro atoms. The molecule has 0 aromatic heterocycles. The maximum atomic E-state index is 13.9. The van der Waals surface area contributed by atoms with Crippen LogP contribution in [0, 0.1) is 5.82 Å². The molecule has 0 atom stereocenters. The topological polar surface area (TPSA) is 66.9 Å². The quantitative estimate of drug-likeness (QED) is 0.824. The molecule has 0 saturated carbocycles. The Kier molecular flexibility index (Phi) is 5.15. The minimum atomic E-state index is -3.75. The second-order valence-electron chi connectivity index (χ2n) is 4.98. The van der Waals surface area contributed by atoms with Gasteiger partial charge in [0.15, 0.2) is 0 Å². The number of rotatable bonds is 4. The van der Waals surface area contributed by atoms with Crippen LogP contribution < -0.4 is 0 Å². The number of morpholine rings is 1. The summed E-state index contributed by atoms with van der Waals surface area (Å²) in [5.74, 6) is -1.27. The van der Waals surface area contributed by atoms with Gasteiger partial charge in [-0.05, 0) is 25.1 Å². The van der Waals surface area contributed by atoms with E-state index in [1.54, 1.807) is 6.92 Å². The Balaban J connectivity index is 2.38. The summed E-state index contributed by atoms with van der Waals surface area (Å²) in [5.41, 5.74) is -0.237. The van der Waals surface area contributed by atoms with Crippen LogP contribution in [0.3, 0.4) is 0 Å². The van der Waals surface area contributed by atoms with E-state index < -0.39 is 21.7 Å². The van der Waals surface area contributed by atoms with Crippen molar-refractivity contribution in [3.8, 4) is 0 Å². The maximum absolute atomic E-state index is 13.9. The highest BCUT2D eigenvalue weighted by Gasteiger charge is 2.28. The molecular formula is C14H19FN2O4S. The van der Waals surface area contributed by atoms with Crippen LogP contribution in [0.4, 0.5) is 4.39 Å². The van der Waals surface area contributed by atoms with Gasteiger partial charge in [0.25, 0.3) is 5.91 Å². The number of carbonyl (C=O) groups excluding carboxylic acids is 1. The zero-order valence-corrected chi connectivity index (χ0v) is 13.4. The average molecular weight is 330 g/mol. The number of nitrogens with zero attached hydrogens (tertiary/aromatic N) is 2. The van der Waals surface area contributed by atoms with Gasteiger partial charge in [0.2, 0.25) is 10.0 Å². The molecule has 1 heterocycles. The van der Waals surface area contributed by atoms with Crippen LogP contribution in [0.15, 0.2) is 23.1 Å². The van der Waals surface area contributed by atoms with Crippen LogP contribution in [0.5, 0.6) is 0 Å². The van der Waals surface area contributed by atoms with E-state index in [-0.39, 0.29) is 23.5 Å². The summed E-state index contributed by atoms with van der Waals surface area (Å²) in [6.07, 6.45) is 0. The standard InChI is InChI=1S/C14H19FN2O4S/c1-3-16(2)14(18)12-10-11(4-5-13(12)15)22(19,20)17-6-8-21-9-7-17/h4-5,10H,3,6-9H2,1-2H3. The molecule has 1 amide bonds. The molecule has 0 unspecified atom stereocenters. The largest absolute Gasteiger partial charge is 0.379 e. The van der Waals surface area contributed by atoms with Crippen molar-refractivity contribution >= 4 is 15.9 Å². The van der Waals surface area contributed by atoms with E-state index in [9.17, 15) is 17.6 Å². The van der Waals surface area contributed by atoms with E-state index in [4.69, 9.17) is 4.74 Å². The molecule has 8 heteroatoms. The summed E-state index contributed by atoms with van der Waals surface area (Å²) in [6, 6.07) is 3.31. The highest BCUT2D eigenvalue weighted by atomic mass is 32.2. The Labute approximate surface area is 129 Å². The summed E-state index contributed by atoms with van der Waals surface area (Å²) >= 11 is 0. The lowest BCUT2D eigenvalue weighted by Crippen LogP contribution is -2.40. The number of benzene rings is 1. The van der Waals surface area contributed by atoms with Crippen LogP contribution in [-0.4, -0.2) is 63.4 Å². The van der Waals surface area contributed by atoms with Crippen molar-refractivity contribution < 1.29 is 22.3 Å². The van der Waals surface area contributed by atoms with E-state index in [1.807, 2.05) is 0 Å². The van der Waals surface area contributed by atoms with Gasteiger partial charge in [-0.25, -0.2) is 12.8 Å². The number of sulfonamides is 1. The van der Waals surface area contributed by atoms with Crippen molar-refractivity contribution in [3.63, 3.8) is 0 Å². The second kappa shape index (κ2) is 6.72. The van der Waals surface area contributed by atoms with Gasteiger partial charge in [0.05, 0.1) is 23.7 Å². The Bertz CT molecular complexity index is 657. The summed E-state index contributed by atoms with van der Waals surface area (Å²) < 4.78 is 45.4. The minimum absolute atomic E-state index is 0.0800. The van der Waals surface area contributed by atoms with E-state index in [2.05, 4.69) is 0 Å². The SMILES string of the molecule is CCN(C)C(=O)c1cc(S(=O)(=O)N2CCOCC2)ccc1F. The predicted octanol–water partition coefficient (Wildman–Crippen LogP) is 0.938. The van der Waals surface area contributed by atoms with Gasteiger partial charge in [-0.15, -0.1) is 0 Å². The predicted molar refractivity (Wildman–Crippen MR) is 78.6 cm³/mol. The summed E-state index contributed by atoms with van der Waals surface area (Å²) in [4.78, 5) is 13.4. The van der Waals surface area contributed by atoms with Crippen molar-refractivity contribution in [1.82, 2.24) is 9.21 Å². The molecule has 0 N–H and O–H groups in total.